The normalized spacial score (nSPS) is 15.1. The minimum atomic E-state index is -4.78. The molecule has 1 saturated heterocycles. The lowest BCUT2D eigenvalue weighted by Crippen LogP contribution is -2.20. The van der Waals surface area contributed by atoms with Crippen LogP contribution in [0.15, 0.2) is 63.6 Å². The van der Waals surface area contributed by atoms with Crippen molar-refractivity contribution >= 4 is 5.78 Å². The Morgan fingerprint density at radius 3 is 2.36 bits per heavy atom. The van der Waals surface area contributed by atoms with E-state index in [2.05, 4.69) is 20.2 Å². The molecular formula is C28H27F3N4O4. The average Bonchev–Trinajstić information content (AvgIpc) is 3.71. The number of rotatable bonds is 10. The first kappa shape index (κ1) is 26.8. The van der Waals surface area contributed by atoms with Crippen LogP contribution in [0.4, 0.5) is 13.2 Å². The maximum Gasteiger partial charge on any atom is 0.422 e. The fraction of sp³-hybridized carbons (Fsp3) is 0.357. The third-order valence-corrected chi connectivity index (χ3v) is 6.78. The number of ketones is 1. The van der Waals surface area contributed by atoms with Crippen LogP contribution in [-0.2, 0) is 11.0 Å². The molecule has 1 aliphatic rings. The molecule has 11 heteroatoms. The van der Waals surface area contributed by atoms with E-state index in [0.29, 0.717) is 17.5 Å². The van der Waals surface area contributed by atoms with Crippen LogP contribution in [0.1, 0.15) is 49.3 Å². The Balaban J connectivity index is 1.27. The Morgan fingerprint density at radius 2 is 1.67 bits per heavy atom. The highest BCUT2D eigenvalue weighted by Gasteiger charge is 2.43. The minimum Gasteiger partial charge on any atom is -0.381 e. The van der Waals surface area contributed by atoms with Gasteiger partial charge in [0.15, 0.2) is 5.78 Å². The molecule has 4 aromatic rings. The average molecular weight is 541 g/mol. The number of carbonyl (C=O) groups is 1. The number of aliphatic hydroxyl groups excluding tert-OH is 1. The minimum absolute atomic E-state index is 0.0186. The summed E-state index contributed by atoms with van der Waals surface area (Å²) in [6, 6.07) is 14.1. The van der Waals surface area contributed by atoms with Crippen molar-refractivity contribution in [2.45, 2.75) is 44.4 Å². The molecule has 1 fully saturated rings. The molecule has 39 heavy (non-hydrogen) atoms. The summed E-state index contributed by atoms with van der Waals surface area (Å²) >= 11 is 0. The molecule has 0 amide bonds. The van der Waals surface area contributed by atoms with E-state index in [0.717, 1.165) is 26.1 Å². The van der Waals surface area contributed by atoms with Gasteiger partial charge in [-0.1, -0.05) is 64.9 Å². The molecule has 1 aliphatic heterocycles. The zero-order valence-electron chi connectivity index (χ0n) is 21.0. The number of alkyl halides is 3. The van der Waals surface area contributed by atoms with Crippen LogP contribution in [0.3, 0.4) is 0 Å². The largest absolute Gasteiger partial charge is 0.422 e. The van der Waals surface area contributed by atoms with E-state index >= 15 is 0 Å². The van der Waals surface area contributed by atoms with Gasteiger partial charge in [0.2, 0.25) is 11.6 Å². The summed E-state index contributed by atoms with van der Waals surface area (Å²) in [5.74, 6) is -1.39. The number of likely N-dealkylation sites (tertiary alicyclic amines) is 1. The Kier molecular flexibility index (Phi) is 7.89. The Morgan fingerprint density at radius 1 is 0.949 bits per heavy atom. The van der Waals surface area contributed by atoms with E-state index in [-0.39, 0.29) is 29.3 Å². The lowest BCUT2D eigenvalue weighted by Gasteiger charge is -2.14. The van der Waals surface area contributed by atoms with Crippen molar-refractivity contribution in [1.29, 1.82) is 0 Å². The van der Waals surface area contributed by atoms with E-state index in [1.807, 2.05) is 0 Å². The van der Waals surface area contributed by atoms with Crippen molar-refractivity contribution in [3.05, 3.63) is 65.7 Å². The first-order valence-corrected chi connectivity index (χ1v) is 12.8. The molecule has 3 heterocycles. The van der Waals surface area contributed by atoms with E-state index in [1.165, 1.54) is 25.0 Å². The number of hydrogen-bond donors (Lipinski definition) is 1. The Labute approximate surface area is 222 Å². The van der Waals surface area contributed by atoms with Crippen LogP contribution in [0.2, 0.25) is 0 Å². The van der Waals surface area contributed by atoms with Crippen molar-refractivity contribution in [2.75, 3.05) is 19.6 Å². The third kappa shape index (κ3) is 6.10. The number of aromatic nitrogens is 3. The van der Waals surface area contributed by atoms with Gasteiger partial charge in [-0.15, -0.1) is 0 Å². The second kappa shape index (κ2) is 11.5. The predicted octanol–water partition coefficient (Wildman–Crippen LogP) is 5.95. The molecular weight excluding hydrogens is 513 g/mol. The van der Waals surface area contributed by atoms with Crippen LogP contribution in [-0.4, -0.2) is 50.7 Å². The van der Waals surface area contributed by atoms with Crippen LogP contribution in [0, 0.1) is 0 Å². The number of nitrogens with zero attached hydrogens (tertiary/aromatic N) is 4. The lowest BCUT2D eigenvalue weighted by atomic mass is 10.0. The quantitative estimate of drug-likeness (QED) is 0.246. The van der Waals surface area contributed by atoms with Gasteiger partial charge in [0.05, 0.1) is 0 Å². The molecule has 5 rings (SSSR count). The molecule has 0 spiro atoms. The van der Waals surface area contributed by atoms with E-state index < -0.39 is 29.5 Å². The highest BCUT2D eigenvalue weighted by atomic mass is 19.4. The summed E-state index contributed by atoms with van der Waals surface area (Å²) in [6.07, 6.45) is -1.69. The Hall–Kier alpha value is -3.83. The van der Waals surface area contributed by atoms with E-state index in [4.69, 9.17) is 9.05 Å². The van der Waals surface area contributed by atoms with Gasteiger partial charge in [-0.2, -0.15) is 18.2 Å². The summed E-state index contributed by atoms with van der Waals surface area (Å²) < 4.78 is 52.0. The second-order valence-electron chi connectivity index (χ2n) is 9.52. The summed E-state index contributed by atoms with van der Waals surface area (Å²) in [5, 5.41) is 17.9. The van der Waals surface area contributed by atoms with Crippen LogP contribution in [0.25, 0.3) is 34.3 Å². The molecule has 2 aromatic carbocycles. The van der Waals surface area contributed by atoms with Gasteiger partial charge >= 0.3 is 6.18 Å². The van der Waals surface area contributed by atoms with Crippen molar-refractivity contribution in [1.82, 2.24) is 20.2 Å². The first-order chi connectivity index (χ1) is 18.8. The van der Waals surface area contributed by atoms with Crippen molar-refractivity contribution in [3.8, 4) is 34.3 Å². The molecule has 2 aromatic heterocycles. The van der Waals surface area contributed by atoms with Crippen LogP contribution < -0.4 is 0 Å². The number of carbonyl (C=O) groups excluding carboxylic acids is 1. The van der Waals surface area contributed by atoms with E-state index in [1.54, 1.807) is 42.5 Å². The molecule has 8 nitrogen and oxygen atoms in total. The third-order valence-electron chi connectivity index (χ3n) is 6.78. The summed E-state index contributed by atoms with van der Waals surface area (Å²) in [7, 11) is 0. The fourth-order valence-electron chi connectivity index (χ4n) is 4.70. The fourth-order valence-corrected chi connectivity index (χ4v) is 4.70. The lowest BCUT2D eigenvalue weighted by molar-refractivity contribution is -0.137. The molecule has 0 bridgehead atoms. The standard InChI is InChI=1S/C28H27F3N4O4/c29-28(30,31)22-23(18-8-2-1-3-9-18)33-38-25(22)27-32-26(34-39-27)20-13-11-19(12-14-20)24(37)21(36)10-4-5-15-35-16-6-7-17-35/h1-3,8-9,11-14,24,37H,4-7,10,15-17H2. The summed E-state index contributed by atoms with van der Waals surface area (Å²) in [4.78, 5) is 18.9. The SMILES string of the molecule is O=C(CCCCN1CCCC1)C(O)c1ccc(-c2noc(-c3onc(-c4ccccc4)c3C(F)(F)F)n2)cc1. The van der Waals surface area contributed by atoms with Crippen LogP contribution in [0.5, 0.6) is 0 Å². The number of unbranched alkanes of at least 4 members (excludes halogenated alkanes) is 1. The number of benzene rings is 2. The summed E-state index contributed by atoms with van der Waals surface area (Å²) in [5.41, 5.74) is -0.419. The molecule has 204 valence electrons. The zero-order valence-corrected chi connectivity index (χ0v) is 21.0. The molecule has 1 atom stereocenters. The van der Waals surface area contributed by atoms with Crippen molar-refractivity contribution in [3.63, 3.8) is 0 Å². The smallest absolute Gasteiger partial charge is 0.381 e. The Bertz CT molecular complexity index is 1390. The highest BCUT2D eigenvalue weighted by molar-refractivity contribution is 5.84. The molecule has 1 N–H and O–H groups in total. The summed E-state index contributed by atoms with van der Waals surface area (Å²) in [6.45, 7) is 3.19. The number of halogens is 3. The predicted molar refractivity (Wildman–Crippen MR) is 135 cm³/mol. The second-order valence-corrected chi connectivity index (χ2v) is 9.52. The van der Waals surface area contributed by atoms with Gasteiger partial charge < -0.3 is 19.1 Å². The maximum absolute atomic E-state index is 14.0. The number of aliphatic hydroxyl groups is 1. The van der Waals surface area contributed by atoms with Crippen molar-refractivity contribution < 1.29 is 32.1 Å². The molecule has 1 unspecified atom stereocenters. The number of hydrogen-bond acceptors (Lipinski definition) is 8. The van der Waals surface area contributed by atoms with Crippen molar-refractivity contribution in [2.24, 2.45) is 0 Å². The van der Waals surface area contributed by atoms with E-state index in [9.17, 15) is 23.1 Å². The molecule has 0 saturated carbocycles. The monoisotopic (exact) mass is 540 g/mol. The van der Waals surface area contributed by atoms with Gasteiger partial charge in [-0.05, 0) is 50.9 Å². The maximum atomic E-state index is 14.0. The van der Waals surface area contributed by atoms with Gasteiger partial charge in [0.25, 0.3) is 5.89 Å². The topological polar surface area (TPSA) is 105 Å². The van der Waals surface area contributed by atoms with Gasteiger partial charge in [-0.25, -0.2) is 0 Å². The molecule has 0 radical (unpaired) electrons. The molecule has 0 aliphatic carbocycles. The van der Waals surface area contributed by atoms with Gasteiger partial charge in [0, 0.05) is 17.5 Å². The number of Topliss-reactive ketones (excluding diaryl/α,β-unsaturated/α-hetero) is 1. The highest BCUT2D eigenvalue weighted by Crippen LogP contribution is 2.43. The first-order valence-electron chi connectivity index (χ1n) is 12.8. The van der Waals surface area contributed by atoms with Gasteiger partial charge in [-0.3, -0.25) is 4.79 Å². The zero-order chi connectivity index (χ0) is 27.4. The van der Waals surface area contributed by atoms with Gasteiger partial charge in [0.1, 0.15) is 17.4 Å². The van der Waals surface area contributed by atoms with Crippen LogP contribution >= 0.6 is 0 Å².